The van der Waals surface area contributed by atoms with Crippen molar-refractivity contribution in [2.75, 3.05) is 27.4 Å². The zero-order valence-corrected chi connectivity index (χ0v) is 16.7. The molecule has 2 aromatic carbocycles. The summed E-state index contributed by atoms with van der Waals surface area (Å²) in [7, 11) is 3.22. The molecule has 1 aliphatic heterocycles. The molecule has 2 aliphatic rings. The van der Waals surface area contributed by atoms with Crippen molar-refractivity contribution in [3.63, 3.8) is 0 Å². The second-order valence-electron chi connectivity index (χ2n) is 7.44. The number of carbonyl (C=O) groups excluding carboxylic acids is 2. The van der Waals surface area contributed by atoms with Crippen molar-refractivity contribution < 1.29 is 23.8 Å². The van der Waals surface area contributed by atoms with Gasteiger partial charge in [-0.2, -0.15) is 0 Å². The predicted molar refractivity (Wildman–Crippen MR) is 107 cm³/mol. The monoisotopic (exact) mass is 395 g/mol. The number of ether oxygens (including phenoxy) is 3. The van der Waals surface area contributed by atoms with E-state index in [4.69, 9.17) is 14.2 Å². The van der Waals surface area contributed by atoms with Crippen LogP contribution in [0.4, 0.5) is 0 Å². The van der Waals surface area contributed by atoms with Gasteiger partial charge in [0.15, 0.2) is 18.1 Å². The van der Waals surface area contributed by atoms with E-state index in [2.05, 4.69) is 0 Å². The number of fused-ring (bicyclic) bond motifs is 1. The average Bonchev–Trinajstić information content (AvgIpc) is 3.61. The van der Waals surface area contributed by atoms with Crippen LogP contribution >= 0.6 is 0 Å². The molecule has 1 aliphatic carbocycles. The van der Waals surface area contributed by atoms with E-state index in [1.54, 1.807) is 19.1 Å². The number of esters is 1. The highest BCUT2D eigenvalue weighted by Gasteiger charge is 2.35. The van der Waals surface area contributed by atoms with Crippen molar-refractivity contribution in [1.29, 1.82) is 0 Å². The Morgan fingerprint density at radius 1 is 1.03 bits per heavy atom. The summed E-state index contributed by atoms with van der Waals surface area (Å²) in [5.74, 6) is 0.830. The van der Waals surface area contributed by atoms with Gasteiger partial charge in [-0.3, -0.25) is 9.59 Å². The molecule has 0 aromatic heterocycles. The summed E-state index contributed by atoms with van der Waals surface area (Å²) < 4.78 is 16.2. The molecule has 0 spiro atoms. The minimum absolute atomic E-state index is 0.0217. The number of rotatable bonds is 6. The highest BCUT2D eigenvalue weighted by molar-refractivity contribution is 5.83. The van der Waals surface area contributed by atoms with Crippen molar-refractivity contribution >= 4 is 11.9 Å². The Morgan fingerprint density at radius 2 is 1.72 bits per heavy atom. The molecule has 1 fully saturated rings. The maximum absolute atomic E-state index is 13.0. The van der Waals surface area contributed by atoms with E-state index in [9.17, 15) is 9.59 Å². The Kier molecular flexibility index (Phi) is 5.43. The van der Waals surface area contributed by atoms with Gasteiger partial charge in [-0.25, -0.2) is 0 Å². The molecule has 1 atom stereocenters. The van der Waals surface area contributed by atoms with E-state index in [1.807, 2.05) is 42.5 Å². The quantitative estimate of drug-likeness (QED) is 0.703. The molecule has 29 heavy (non-hydrogen) atoms. The smallest absolute Gasteiger partial charge is 0.309 e. The first-order chi connectivity index (χ1) is 14.1. The molecule has 4 rings (SSSR count). The third-order valence-corrected chi connectivity index (χ3v) is 5.56. The van der Waals surface area contributed by atoms with Crippen molar-refractivity contribution in [2.45, 2.75) is 25.3 Å². The summed E-state index contributed by atoms with van der Waals surface area (Å²) in [6.45, 7) is 0.323. The van der Waals surface area contributed by atoms with Crippen molar-refractivity contribution in [3.8, 4) is 11.5 Å². The van der Waals surface area contributed by atoms with E-state index >= 15 is 0 Å². The number of methoxy groups -OCH3 is 2. The van der Waals surface area contributed by atoms with Gasteiger partial charge in [-0.1, -0.05) is 30.3 Å². The van der Waals surface area contributed by atoms with Gasteiger partial charge in [0.2, 0.25) is 0 Å². The lowest BCUT2D eigenvalue weighted by atomic mass is 9.87. The van der Waals surface area contributed by atoms with Crippen LogP contribution in [0.2, 0.25) is 0 Å². The molecule has 1 heterocycles. The molecule has 152 valence electrons. The van der Waals surface area contributed by atoms with Gasteiger partial charge in [-0.05, 0) is 48.1 Å². The van der Waals surface area contributed by atoms with Gasteiger partial charge in [-0.15, -0.1) is 0 Å². The fourth-order valence-electron chi connectivity index (χ4n) is 3.86. The van der Waals surface area contributed by atoms with Crippen LogP contribution in [0.3, 0.4) is 0 Å². The standard InChI is InChI=1S/C23H25NO5/c1-27-19-12-17-10-11-24(21(25)14-29-23(26)16-8-9-16)22(15-6-4-3-5-7-15)18(17)13-20(19)28-2/h3-7,12-13,16,22H,8-11,14H2,1-2H3/t22-/m0/s1. The molecule has 0 bridgehead atoms. The summed E-state index contributed by atoms with van der Waals surface area (Å²) >= 11 is 0. The zero-order valence-electron chi connectivity index (χ0n) is 16.7. The molecule has 6 nitrogen and oxygen atoms in total. The SMILES string of the molecule is COc1cc2c(cc1OC)[C@H](c1ccccc1)N(C(=O)COC(=O)C1CC1)CC2. The van der Waals surface area contributed by atoms with Crippen molar-refractivity contribution in [1.82, 2.24) is 4.90 Å². The van der Waals surface area contributed by atoms with Gasteiger partial charge in [0.1, 0.15) is 0 Å². The predicted octanol–water partition coefficient (Wildman–Crippen LogP) is 3.13. The van der Waals surface area contributed by atoms with Crippen LogP contribution in [-0.2, 0) is 20.7 Å². The molecule has 6 heteroatoms. The van der Waals surface area contributed by atoms with Crippen LogP contribution in [0.25, 0.3) is 0 Å². The third kappa shape index (κ3) is 3.92. The van der Waals surface area contributed by atoms with E-state index in [0.717, 1.165) is 29.5 Å². The van der Waals surface area contributed by atoms with E-state index in [-0.39, 0.29) is 30.4 Å². The number of carbonyl (C=O) groups is 2. The fraction of sp³-hybridized carbons (Fsp3) is 0.391. The lowest BCUT2D eigenvalue weighted by Gasteiger charge is -2.38. The second kappa shape index (κ2) is 8.15. The summed E-state index contributed by atoms with van der Waals surface area (Å²) in [4.78, 5) is 26.7. The Hall–Kier alpha value is -3.02. The van der Waals surface area contributed by atoms with Crippen LogP contribution in [-0.4, -0.2) is 44.1 Å². The van der Waals surface area contributed by atoms with Gasteiger partial charge in [0, 0.05) is 6.54 Å². The molecule has 1 saturated carbocycles. The van der Waals surface area contributed by atoms with Gasteiger partial charge in [0.05, 0.1) is 26.2 Å². The number of benzene rings is 2. The lowest BCUT2D eigenvalue weighted by Crippen LogP contribution is -2.42. The highest BCUT2D eigenvalue weighted by atomic mass is 16.5. The lowest BCUT2D eigenvalue weighted by molar-refractivity contribution is -0.154. The highest BCUT2D eigenvalue weighted by Crippen LogP contribution is 2.41. The first-order valence-corrected chi connectivity index (χ1v) is 9.88. The van der Waals surface area contributed by atoms with Crippen LogP contribution in [0.1, 0.15) is 35.6 Å². The molecule has 0 saturated heterocycles. The molecule has 0 unspecified atom stereocenters. The summed E-state index contributed by atoms with van der Waals surface area (Å²) in [6.07, 6.45) is 2.41. The normalized spacial score (nSPS) is 18.0. The Morgan fingerprint density at radius 3 is 2.38 bits per heavy atom. The fourth-order valence-corrected chi connectivity index (χ4v) is 3.86. The van der Waals surface area contributed by atoms with Gasteiger partial charge < -0.3 is 19.1 Å². The minimum Gasteiger partial charge on any atom is -0.493 e. The maximum atomic E-state index is 13.0. The molecule has 2 aromatic rings. The molecule has 0 radical (unpaired) electrons. The molecule has 0 N–H and O–H groups in total. The zero-order chi connectivity index (χ0) is 20.4. The average molecular weight is 395 g/mol. The topological polar surface area (TPSA) is 65.1 Å². The Labute approximate surface area is 170 Å². The molecule has 1 amide bonds. The van der Waals surface area contributed by atoms with Crippen molar-refractivity contribution in [2.24, 2.45) is 5.92 Å². The van der Waals surface area contributed by atoms with Crippen LogP contribution in [0.5, 0.6) is 11.5 Å². The summed E-state index contributed by atoms with van der Waals surface area (Å²) in [5.41, 5.74) is 3.13. The summed E-state index contributed by atoms with van der Waals surface area (Å²) in [5, 5.41) is 0. The van der Waals surface area contributed by atoms with Crippen molar-refractivity contribution in [3.05, 3.63) is 59.2 Å². The first kappa shape index (κ1) is 19.3. The van der Waals surface area contributed by atoms with Crippen LogP contribution < -0.4 is 9.47 Å². The Bertz CT molecular complexity index is 907. The third-order valence-electron chi connectivity index (χ3n) is 5.56. The number of nitrogens with zero attached hydrogens (tertiary/aromatic N) is 1. The van der Waals surface area contributed by atoms with E-state index in [1.165, 1.54) is 0 Å². The number of hydrogen-bond donors (Lipinski definition) is 0. The minimum atomic E-state index is -0.271. The van der Waals surface area contributed by atoms with Gasteiger partial charge >= 0.3 is 5.97 Å². The maximum Gasteiger partial charge on any atom is 0.309 e. The molecular formula is C23H25NO5. The molecular weight excluding hydrogens is 370 g/mol. The largest absolute Gasteiger partial charge is 0.493 e. The van der Waals surface area contributed by atoms with Crippen LogP contribution in [0.15, 0.2) is 42.5 Å². The van der Waals surface area contributed by atoms with Gasteiger partial charge in [0.25, 0.3) is 5.91 Å². The Balaban J connectivity index is 1.67. The second-order valence-corrected chi connectivity index (χ2v) is 7.44. The number of amides is 1. The summed E-state index contributed by atoms with van der Waals surface area (Å²) in [6, 6.07) is 13.5. The number of hydrogen-bond acceptors (Lipinski definition) is 5. The van der Waals surface area contributed by atoms with Crippen LogP contribution in [0, 0.1) is 5.92 Å². The van der Waals surface area contributed by atoms with E-state index < -0.39 is 0 Å². The van der Waals surface area contributed by atoms with E-state index in [0.29, 0.717) is 24.5 Å². The first-order valence-electron chi connectivity index (χ1n) is 9.88.